The van der Waals surface area contributed by atoms with Crippen molar-refractivity contribution in [2.24, 2.45) is 23.7 Å². The van der Waals surface area contributed by atoms with E-state index in [0.29, 0.717) is 0 Å². The minimum atomic E-state index is -3.67. The second-order valence-corrected chi connectivity index (χ2v) is 17.6. The van der Waals surface area contributed by atoms with E-state index in [1.165, 1.54) is 28.6 Å². The van der Waals surface area contributed by atoms with E-state index in [-0.39, 0.29) is 36.8 Å². The van der Waals surface area contributed by atoms with Crippen molar-refractivity contribution in [3.8, 4) is 11.5 Å². The van der Waals surface area contributed by atoms with Crippen LogP contribution in [0.2, 0.25) is 0 Å². The van der Waals surface area contributed by atoms with E-state index >= 15 is 0 Å². The molecule has 2 aliphatic carbocycles. The van der Waals surface area contributed by atoms with Crippen LogP contribution in [-0.4, -0.2) is 67.8 Å². The lowest BCUT2D eigenvalue weighted by atomic mass is 9.59. The normalized spacial score (nSPS) is 23.7. The second kappa shape index (κ2) is 16.9. The van der Waals surface area contributed by atoms with Crippen molar-refractivity contribution in [1.29, 1.82) is 0 Å². The van der Waals surface area contributed by atoms with Crippen LogP contribution in [-0.2, 0) is 32.6 Å². The van der Waals surface area contributed by atoms with Gasteiger partial charge in [-0.15, -0.1) is 0 Å². The first-order chi connectivity index (χ1) is 22.1. The van der Waals surface area contributed by atoms with Crippen molar-refractivity contribution in [3.05, 3.63) is 71.3 Å². The van der Waals surface area contributed by atoms with E-state index in [0.717, 1.165) is 48.2 Å². The number of thioether (sulfide) groups is 2. The lowest BCUT2D eigenvalue weighted by molar-refractivity contribution is -0.126. The van der Waals surface area contributed by atoms with Gasteiger partial charge in [0.25, 0.3) is 0 Å². The topological polar surface area (TPSA) is 82.1 Å². The number of nitrogens with zero attached hydrogens (tertiary/aromatic N) is 1. The van der Waals surface area contributed by atoms with Gasteiger partial charge in [0.15, 0.2) is 0 Å². The Morgan fingerprint density at radius 2 is 1.43 bits per heavy atom. The molecule has 10 heteroatoms. The maximum Gasteiger partial charge on any atom is 0.217 e. The standard InChI is InChI=1S/C32H43NO6S.C4H8S2/c1-22(27-17-28(18-27)32(3,39-6)31-16-11-26(31)21-34)23(2)40(35,36)33(19-24-7-12-29(37-4)13-8-24)20-25-9-14-30(38-5)15-10-25;1-2-5-4-6-3-1/h7-10,12-15,17,21-23,26-27,31H,11,16,18-20H2,1-6H3;1-4H2/t22-,23-,26+,27+,31-,32+;/m1./s1. The third-order valence-corrected chi connectivity index (χ3v) is 15.0. The zero-order chi connectivity index (χ0) is 33.3. The summed E-state index contributed by atoms with van der Waals surface area (Å²) in [6, 6.07) is 15.0. The Bertz CT molecular complexity index is 1330. The molecule has 3 aliphatic rings. The Hall–Kier alpha value is -1.98. The summed E-state index contributed by atoms with van der Waals surface area (Å²) in [5.41, 5.74) is 2.49. The summed E-state index contributed by atoms with van der Waals surface area (Å²) >= 11 is 4.12. The van der Waals surface area contributed by atoms with Gasteiger partial charge >= 0.3 is 0 Å². The molecule has 7 nitrogen and oxygen atoms in total. The van der Waals surface area contributed by atoms with Gasteiger partial charge in [-0.1, -0.05) is 37.3 Å². The largest absolute Gasteiger partial charge is 0.497 e. The summed E-state index contributed by atoms with van der Waals surface area (Å²) in [4.78, 5) is 11.5. The predicted molar refractivity (Wildman–Crippen MR) is 191 cm³/mol. The molecule has 0 radical (unpaired) electrons. The smallest absolute Gasteiger partial charge is 0.217 e. The van der Waals surface area contributed by atoms with Crippen LogP contribution in [0.1, 0.15) is 57.6 Å². The Labute approximate surface area is 285 Å². The number of carbonyl (C=O) groups excluding carboxylic acids is 1. The molecule has 254 valence electrons. The van der Waals surface area contributed by atoms with Crippen LogP contribution in [0.5, 0.6) is 11.5 Å². The molecule has 0 N–H and O–H groups in total. The summed E-state index contributed by atoms with van der Waals surface area (Å²) in [7, 11) is 1.27. The SMILES string of the molecule is C1CSCSC1.COc1ccc(CN(Cc2ccc(OC)cc2)S(=O)(=O)[C@H](C)[C@@H](C)[C@H]2C=C([C@](C)(OC)[C@@H]3CC[C@H]3C=O)C2)cc1. The van der Waals surface area contributed by atoms with Crippen LogP contribution in [0.25, 0.3) is 0 Å². The molecule has 6 atom stereocenters. The molecule has 0 aromatic heterocycles. The fourth-order valence-corrected chi connectivity index (χ4v) is 10.6. The molecule has 5 rings (SSSR count). The van der Waals surface area contributed by atoms with Gasteiger partial charge in [-0.25, -0.2) is 8.42 Å². The lowest BCUT2D eigenvalue weighted by Gasteiger charge is -2.50. The van der Waals surface area contributed by atoms with Gasteiger partial charge in [0.1, 0.15) is 17.8 Å². The highest BCUT2D eigenvalue weighted by Crippen LogP contribution is 2.51. The van der Waals surface area contributed by atoms with Gasteiger partial charge in [-0.05, 0) is 104 Å². The number of carbonyl (C=O) groups is 1. The molecular formula is C36H51NO6S3. The zero-order valence-corrected chi connectivity index (χ0v) is 30.6. The second-order valence-electron chi connectivity index (χ2n) is 12.7. The van der Waals surface area contributed by atoms with E-state index in [4.69, 9.17) is 14.2 Å². The van der Waals surface area contributed by atoms with Gasteiger partial charge in [-0.2, -0.15) is 27.8 Å². The highest BCUT2D eigenvalue weighted by Gasteiger charge is 2.50. The number of benzene rings is 2. The minimum absolute atomic E-state index is 0.0334. The van der Waals surface area contributed by atoms with Gasteiger partial charge in [-0.3, -0.25) is 0 Å². The van der Waals surface area contributed by atoms with Crippen molar-refractivity contribution in [3.63, 3.8) is 0 Å². The first-order valence-electron chi connectivity index (χ1n) is 16.2. The molecule has 1 saturated carbocycles. The maximum atomic E-state index is 14.1. The molecule has 2 fully saturated rings. The van der Waals surface area contributed by atoms with E-state index < -0.39 is 20.9 Å². The van der Waals surface area contributed by atoms with Gasteiger partial charge < -0.3 is 19.0 Å². The molecule has 2 aromatic rings. The van der Waals surface area contributed by atoms with Crippen molar-refractivity contribution in [2.75, 3.05) is 37.9 Å². The monoisotopic (exact) mass is 689 g/mol. The fraction of sp³-hybridized carbons (Fsp3) is 0.583. The van der Waals surface area contributed by atoms with Crippen LogP contribution in [0.15, 0.2) is 60.2 Å². The molecule has 2 aromatic carbocycles. The Balaban J connectivity index is 0.000000717. The molecule has 1 aliphatic heterocycles. The first-order valence-corrected chi connectivity index (χ1v) is 20.0. The molecule has 0 spiro atoms. The molecule has 0 unspecified atom stereocenters. The Morgan fingerprint density at radius 3 is 1.78 bits per heavy atom. The predicted octanol–water partition coefficient (Wildman–Crippen LogP) is 7.45. The number of hydrogen-bond donors (Lipinski definition) is 0. The third kappa shape index (κ3) is 8.73. The van der Waals surface area contributed by atoms with E-state index in [2.05, 4.69) is 36.5 Å². The number of methoxy groups -OCH3 is 3. The zero-order valence-electron chi connectivity index (χ0n) is 28.1. The molecule has 1 heterocycles. The summed E-state index contributed by atoms with van der Waals surface area (Å²) < 4.78 is 46.4. The number of rotatable bonds is 14. The van der Waals surface area contributed by atoms with E-state index in [1.807, 2.05) is 62.4 Å². The van der Waals surface area contributed by atoms with Crippen molar-refractivity contribution < 1.29 is 27.4 Å². The lowest BCUT2D eigenvalue weighted by Crippen LogP contribution is -2.51. The van der Waals surface area contributed by atoms with Crippen molar-refractivity contribution in [2.45, 2.75) is 70.4 Å². The maximum absolute atomic E-state index is 14.1. The number of hydrogen-bond acceptors (Lipinski definition) is 8. The van der Waals surface area contributed by atoms with E-state index in [9.17, 15) is 13.2 Å². The number of aldehydes is 1. The minimum Gasteiger partial charge on any atom is -0.497 e. The van der Waals surface area contributed by atoms with Crippen LogP contribution >= 0.6 is 23.5 Å². The van der Waals surface area contributed by atoms with Crippen LogP contribution in [0.4, 0.5) is 0 Å². The first kappa shape index (κ1) is 36.8. The molecule has 46 heavy (non-hydrogen) atoms. The van der Waals surface area contributed by atoms with Gasteiger partial charge in [0.05, 0.1) is 25.1 Å². The average molecular weight is 690 g/mol. The number of sulfonamides is 1. The molecule has 1 saturated heterocycles. The van der Waals surface area contributed by atoms with Crippen LogP contribution in [0, 0.1) is 23.7 Å². The number of allylic oxidation sites excluding steroid dienone is 1. The molecule has 0 bridgehead atoms. The summed E-state index contributed by atoms with van der Waals surface area (Å²) in [5, 5.41) is 0.743. The summed E-state index contributed by atoms with van der Waals surface area (Å²) in [5.74, 6) is 4.51. The Morgan fingerprint density at radius 1 is 0.913 bits per heavy atom. The van der Waals surface area contributed by atoms with E-state index in [1.54, 1.807) is 25.6 Å². The van der Waals surface area contributed by atoms with Crippen molar-refractivity contribution in [1.82, 2.24) is 4.31 Å². The van der Waals surface area contributed by atoms with Crippen LogP contribution < -0.4 is 9.47 Å². The average Bonchev–Trinajstić information content (AvgIpc) is 3.04. The highest BCUT2D eigenvalue weighted by molar-refractivity contribution is 8.16. The summed E-state index contributed by atoms with van der Waals surface area (Å²) in [6.45, 7) is 6.45. The third-order valence-electron chi connectivity index (χ3n) is 10.2. The van der Waals surface area contributed by atoms with Gasteiger partial charge in [0.2, 0.25) is 10.0 Å². The highest BCUT2D eigenvalue weighted by atomic mass is 32.2. The Kier molecular flexibility index (Phi) is 13.5. The number of ether oxygens (including phenoxy) is 3. The molecule has 0 amide bonds. The quantitative estimate of drug-likeness (QED) is 0.150. The van der Waals surface area contributed by atoms with Crippen molar-refractivity contribution >= 4 is 39.8 Å². The molecular weight excluding hydrogens is 639 g/mol. The van der Waals surface area contributed by atoms with Gasteiger partial charge in [0, 0.05) is 37.1 Å². The summed E-state index contributed by atoms with van der Waals surface area (Å²) in [6.07, 6.45) is 7.34. The van der Waals surface area contributed by atoms with Crippen LogP contribution in [0.3, 0.4) is 0 Å². The fourth-order valence-electron chi connectivity index (χ4n) is 6.48.